The minimum Gasteiger partial charge on any atom is -0.392 e. The van der Waals surface area contributed by atoms with Gasteiger partial charge in [-0.15, -0.1) is 0 Å². The van der Waals surface area contributed by atoms with E-state index in [2.05, 4.69) is 17.1 Å². The van der Waals surface area contributed by atoms with Gasteiger partial charge in [0.05, 0.1) is 29.8 Å². The number of ether oxygens (including phenoxy) is 2. The number of likely N-dealkylation sites (N-methyl/N-ethyl adjacent to an activating group) is 2. The molecule has 0 aromatic heterocycles. The Balaban J connectivity index is 2.37. The van der Waals surface area contributed by atoms with Gasteiger partial charge >= 0.3 is 0 Å². The van der Waals surface area contributed by atoms with Gasteiger partial charge in [0, 0.05) is 31.6 Å². The first-order chi connectivity index (χ1) is 15.2. The summed E-state index contributed by atoms with van der Waals surface area (Å²) >= 11 is 0. The van der Waals surface area contributed by atoms with Crippen LogP contribution < -0.4 is 5.32 Å². The second kappa shape index (κ2) is 11.7. The molecular weight excluding hydrogens is 426 g/mol. The van der Waals surface area contributed by atoms with Crippen LogP contribution in [0.1, 0.15) is 47.5 Å². The van der Waals surface area contributed by atoms with Gasteiger partial charge in [-0.25, -0.2) is 0 Å². The van der Waals surface area contributed by atoms with Crippen molar-refractivity contribution in [2.75, 3.05) is 40.8 Å². The monoisotopic (exact) mass is 473 g/mol. The SMILES string of the molecule is CC1C(=O)NCCN(C)C[C@H](C)C[C@@](C)(O)[C@H](O[C@@H]2O[C@H](C)C[C@H](N(C)C)[C@H]2O)[C@@H](C)[C@@H]1O. The number of carbonyl (C=O) groups is 1. The van der Waals surface area contributed by atoms with Crippen LogP contribution in [0.5, 0.6) is 0 Å². The van der Waals surface area contributed by atoms with Crippen molar-refractivity contribution >= 4 is 5.91 Å². The van der Waals surface area contributed by atoms with E-state index in [0.717, 1.165) is 6.54 Å². The van der Waals surface area contributed by atoms with Crippen LogP contribution in [-0.2, 0) is 14.3 Å². The fourth-order valence-electron chi connectivity index (χ4n) is 5.47. The Morgan fingerprint density at radius 1 is 1.18 bits per heavy atom. The van der Waals surface area contributed by atoms with Gasteiger partial charge in [0.25, 0.3) is 0 Å². The van der Waals surface area contributed by atoms with Gasteiger partial charge < -0.3 is 39.9 Å². The average Bonchev–Trinajstić information content (AvgIpc) is 2.70. The minimum absolute atomic E-state index is 0.136. The largest absolute Gasteiger partial charge is 0.392 e. The van der Waals surface area contributed by atoms with Crippen molar-refractivity contribution in [1.82, 2.24) is 15.1 Å². The van der Waals surface area contributed by atoms with Crippen molar-refractivity contribution in [2.45, 2.75) is 89.8 Å². The number of hydrogen-bond acceptors (Lipinski definition) is 8. The molecule has 2 aliphatic rings. The van der Waals surface area contributed by atoms with Crippen molar-refractivity contribution in [3.05, 3.63) is 0 Å². The van der Waals surface area contributed by atoms with Crippen molar-refractivity contribution < 1.29 is 29.6 Å². The molecule has 2 rings (SSSR count). The fourth-order valence-corrected chi connectivity index (χ4v) is 5.47. The third kappa shape index (κ3) is 7.34. The van der Waals surface area contributed by atoms with E-state index in [4.69, 9.17) is 9.47 Å². The molecule has 0 aliphatic carbocycles. The van der Waals surface area contributed by atoms with E-state index >= 15 is 0 Å². The topological polar surface area (TPSA) is 115 Å². The zero-order chi connectivity index (χ0) is 25.1. The van der Waals surface area contributed by atoms with Crippen LogP contribution in [0.3, 0.4) is 0 Å². The number of nitrogens with one attached hydrogen (secondary N) is 1. The number of aliphatic hydroxyl groups is 3. The molecule has 0 spiro atoms. The lowest BCUT2D eigenvalue weighted by Gasteiger charge is -2.46. The molecule has 33 heavy (non-hydrogen) atoms. The highest BCUT2D eigenvalue weighted by atomic mass is 16.7. The fraction of sp³-hybridized carbons (Fsp3) is 0.958. The molecule has 9 nitrogen and oxygen atoms in total. The van der Waals surface area contributed by atoms with Gasteiger partial charge in [-0.1, -0.05) is 20.8 Å². The van der Waals surface area contributed by atoms with Crippen LogP contribution in [0.25, 0.3) is 0 Å². The van der Waals surface area contributed by atoms with E-state index in [1.54, 1.807) is 20.8 Å². The van der Waals surface area contributed by atoms with Crippen molar-refractivity contribution in [3.63, 3.8) is 0 Å². The third-order valence-electron chi connectivity index (χ3n) is 7.29. The Kier molecular flexibility index (Phi) is 10.1. The summed E-state index contributed by atoms with van der Waals surface area (Å²) in [6, 6.07) is -0.157. The smallest absolute Gasteiger partial charge is 0.225 e. The summed E-state index contributed by atoms with van der Waals surface area (Å²) in [4.78, 5) is 16.7. The van der Waals surface area contributed by atoms with Crippen LogP contribution in [0.4, 0.5) is 0 Å². The maximum absolute atomic E-state index is 12.7. The Labute approximate surface area is 199 Å². The lowest BCUT2D eigenvalue weighted by molar-refractivity contribution is -0.299. The molecule has 194 valence electrons. The lowest BCUT2D eigenvalue weighted by Crippen LogP contribution is -2.59. The Hall–Kier alpha value is -0.810. The molecule has 0 saturated carbocycles. The number of hydrogen-bond donors (Lipinski definition) is 4. The summed E-state index contributed by atoms with van der Waals surface area (Å²) in [6.07, 6.45) is -2.81. The zero-order valence-electron chi connectivity index (χ0n) is 21.7. The van der Waals surface area contributed by atoms with Crippen LogP contribution in [0.15, 0.2) is 0 Å². The third-order valence-corrected chi connectivity index (χ3v) is 7.29. The molecule has 0 bridgehead atoms. The first-order valence-corrected chi connectivity index (χ1v) is 12.3. The van der Waals surface area contributed by atoms with E-state index in [-0.39, 0.29) is 24.0 Å². The summed E-state index contributed by atoms with van der Waals surface area (Å²) in [5, 5.41) is 36.6. The van der Waals surface area contributed by atoms with Gasteiger partial charge in [-0.05, 0) is 53.8 Å². The maximum atomic E-state index is 12.7. The van der Waals surface area contributed by atoms with Gasteiger partial charge in [0.1, 0.15) is 6.10 Å². The highest BCUT2D eigenvalue weighted by Gasteiger charge is 2.47. The first-order valence-electron chi connectivity index (χ1n) is 12.3. The van der Waals surface area contributed by atoms with Gasteiger partial charge in [0.15, 0.2) is 6.29 Å². The Bertz CT molecular complexity index is 633. The second-order valence-electron chi connectivity index (χ2n) is 11.0. The van der Waals surface area contributed by atoms with E-state index in [1.807, 2.05) is 33.0 Å². The van der Waals surface area contributed by atoms with E-state index in [1.165, 1.54) is 0 Å². The molecule has 2 fully saturated rings. The van der Waals surface area contributed by atoms with Gasteiger partial charge in [-0.3, -0.25) is 4.79 Å². The van der Waals surface area contributed by atoms with E-state index in [0.29, 0.717) is 25.9 Å². The molecular formula is C24H47N3O6. The summed E-state index contributed by atoms with van der Waals surface area (Å²) in [5.41, 5.74) is -1.32. The number of carbonyl (C=O) groups excluding carboxylic acids is 1. The minimum atomic E-state index is -1.32. The lowest BCUT2D eigenvalue weighted by atomic mass is 9.78. The molecule has 10 atom stereocenters. The highest BCUT2D eigenvalue weighted by molar-refractivity contribution is 5.78. The number of aliphatic hydroxyl groups excluding tert-OH is 2. The molecule has 9 heteroatoms. The molecule has 1 amide bonds. The van der Waals surface area contributed by atoms with Gasteiger partial charge in [0.2, 0.25) is 5.91 Å². The predicted octanol–water partition coefficient (Wildman–Crippen LogP) is 0.270. The van der Waals surface area contributed by atoms with E-state index < -0.39 is 42.0 Å². The molecule has 0 aromatic rings. The molecule has 1 unspecified atom stereocenters. The van der Waals surface area contributed by atoms with Crippen LogP contribution in [0.2, 0.25) is 0 Å². The summed E-state index contributed by atoms with van der Waals surface area (Å²) < 4.78 is 12.3. The standard InChI is InChI=1S/C24H47N3O6/c1-14-12-24(5,31)21(33-23-20(29)18(26(6)7)11-15(2)32-23)16(3)19(28)17(4)22(30)25-9-10-27(8)13-14/h14-21,23,28-29,31H,9-13H2,1-8H3,(H,25,30)/t14-,15-,16+,17?,18+,19+,20-,21-,23+,24-/m1/s1. The zero-order valence-corrected chi connectivity index (χ0v) is 21.7. The highest BCUT2D eigenvalue weighted by Crippen LogP contribution is 2.35. The predicted molar refractivity (Wildman–Crippen MR) is 127 cm³/mol. The van der Waals surface area contributed by atoms with Gasteiger partial charge in [-0.2, -0.15) is 0 Å². The molecule has 2 heterocycles. The van der Waals surface area contributed by atoms with Crippen LogP contribution >= 0.6 is 0 Å². The van der Waals surface area contributed by atoms with Crippen LogP contribution in [-0.4, -0.2) is 114 Å². The summed E-state index contributed by atoms with van der Waals surface area (Å²) in [7, 11) is 5.80. The maximum Gasteiger partial charge on any atom is 0.225 e. The Morgan fingerprint density at radius 3 is 2.42 bits per heavy atom. The number of amides is 1. The van der Waals surface area contributed by atoms with E-state index in [9.17, 15) is 20.1 Å². The summed E-state index contributed by atoms with van der Waals surface area (Å²) in [5.74, 6) is -1.36. The number of rotatable bonds is 3. The molecule has 2 aliphatic heterocycles. The van der Waals surface area contributed by atoms with Crippen molar-refractivity contribution in [3.8, 4) is 0 Å². The molecule has 2 saturated heterocycles. The molecule has 0 aromatic carbocycles. The summed E-state index contributed by atoms with van der Waals surface area (Å²) in [6.45, 7) is 11.1. The number of nitrogens with zero attached hydrogens (tertiary/aromatic N) is 2. The van der Waals surface area contributed by atoms with Crippen molar-refractivity contribution in [1.29, 1.82) is 0 Å². The molecule has 0 radical (unpaired) electrons. The molecule has 4 N–H and O–H groups in total. The average molecular weight is 474 g/mol. The van der Waals surface area contributed by atoms with Crippen molar-refractivity contribution in [2.24, 2.45) is 17.8 Å². The second-order valence-corrected chi connectivity index (χ2v) is 11.0. The quantitative estimate of drug-likeness (QED) is 0.462. The normalized spacial score (nSPS) is 45.1. The Morgan fingerprint density at radius 2 is 1.82 bits per heavy atom. The first kappa shape index (κ1) is 28.4. The van der Waals surface area contributed by atoms with Crippen LogP contribution in [0, 0.1) is 17.8 Å².